The summed E-state index contributed by atoms with van der Waals surface area (Å²) < 4.78 is 1.94. The van der Waals surface area contributed by atoms with Crippen molar-refractivity contribution < 1.29 is 9.90 Å². The molecule has 4 heteroatoms. The van der Waals surface area contributed by atoms with Crippen molar-refractivity contribution in [2.45, 2.75) is 6.92 Å². The monoisotopic (exact) mass is 240 g/mol. The highest BCUT2D eigenvalue weighted by Gasteiger charge is 2.05. The van der Waals surface area contributed by atoms with Gasteiger partial charge in [-0.2, -0.15) is 0 Å². The van der Waals surface area contributed by atoms with Crippen molar-refractivity contribution in [3.05, 3.63) is 53.3 Å². The molecule has 4 nitrogen and oxygen atoms in total. The van der Waals surface area contributed by atoms with Crippen molar-refractivity contribution in [2.24, 2.45) is 5.73 Å². The van der Waals surface area contributed by atoms with Crippen molar-refractivity contribution in [1.29, 1.82) is 0 Å². The lowest BCUT2D eigenvalue weighted by Gasteiger charge is -2.05. The molecule has 0 spiro atoms. The van der Waals surface area contributed by atoms with Gasteiger partial charge in [-0.25, -0.2) is 4.79 Å². The second-order valence-corrected chi connectivity index (χ2v) is 3.86. The van der Waals surface area contributed by atoms with E-state index >= 15 is 0 Å². The van der Waals surface area contributed by atoms with Crippen LogP contribution >= 0.6 is 0 Å². The first kappa shape index (κ1) is 11.8. The van der Waals surface area contributed by atoms with Crippen molar-refractivity contribution in [1.82, 2.24) is 4.57 Å². The number of carboxylic acids is 1. The standard InChI is InChI=1S/C14H12N2O2/c1-10-8-11(6-7-15)9-16(10)13-4-2-12(3-5-13)14(17)18/h2-5,8-9H,15H2,1H3,(H,17,18). The van der Waals surface area contributed by atoms with Crippen LogP contribution in [-0.2, 0) is 0 Å². The Bertz CT molecular complexity index is 643. The quantitative estimate of drug-likeness (QED) is 0.620. The molecule has 90 valence electrons. The minimum Gasteiger partial charge on any atom is -0.478 e. The van der Waals surface area contributed by atoms with Crippen LogP contribution in [0, 0.1) is 18.9 Å². The van der Waals surface area contributed by atoms with Gasteiger partial charge in [-0.15, -0.1) is 0 Å². The molecular weight excluding hydrogens is 228 g/mol. The first-order valence-corrected chi connectivity index (χ1v) is 5.36. The lowest BCUT2D eigenvalue weighted by Crippen LogP contribution is -1.98. The second-order valence-electron chi connectivity index (χ2n) is 3.86. The Kier molecular flexibility index (Phi) is 3.07. The SMILES string of the molecule is Cc1cc(C#CN)cn1-c1ccc(C(=O)O)cc1. The summed E-state index contributed by atoms with van der Waals surface area (Å²) in [5.74, 6) is 1.85. The molecule has 0 amide bonds. The van der Waals surface area contributed by atoms with Crippen molar-refractivity contribution in [3.8, 4) is 17.7 Å². The van der Waals surface area contributed by atoms with E-state index in [1.54, 1.807) is 24.3 Å². The maximum atomic E-state index is 10.8. The Hall–Kier alpha value is -2.67. The van der Waals surface area contributed by atoms with E-state index in [0.29, 0.717) is 0 Å². The number of hydrogen-bond donors (Lipinski definition) is 2. The van der Waals surface area contributed by atoms with Crippen molar-refractivity contribution >= 4 is 5.97 Å². The number of nitrogens with two attached hydrogens (primary N) is 1. The topological polar surface area (TPSA) is 68.2 Å². The highest BCUT2D eigenvalue weighted by Crippen LogP contribution is 2.15. The maximum Gasteiger partial charge on any atom is 0.335 e. The van der Waals surface area contributed by atoms with Gasteiger partial charge in [0.05, 0.1) is 5.56 Å². The van der Waals surface area contributed by atoms with Gasteiger partial charge in [-0.1, -0.05) is 0 Å². The fraction of sp³-hybridized carbons (Fsp3) is 0.0714. The molecule has 0 atom stereocenters. The normalized spacial score (nSPS) is 9.61. The molecule has 0 unspecified atom stereocenters. The molecule has 1 aromatic carbocycles. The minimum atomic E-state index is -0.930. The molecule has 0 aliphatic heterocycles. The van der Waals surface area contributed by atoms with Crippen LogP contribution in [0.25, 0.3) is 5.69 Å². The van der Waals surface area contributed by atoms with Crippen LogP contribution in [0.15, 0.2) is 36.5 Å². The van der Waals surface area contributed by atoms with Crippen LogP contribution < -0.4 is 5.73 Å². The molecule has 2 rings (SSSR count). The number of aromatic nitrogens is 1. The molecule has 0 aliphatic rings. The average molecular weight is 240 g/mol. The molecule has 1 heterocycles. The number of benzene rings is 1. The molecule has 3 N–H and O–H groups in total. The van der Waals surface area contributed by atoms with Crippen LogP contribution in [-0.4, -0.2) is 15.6 Å². The molecule has 0 saturated heterocycles. The smallest absolute Gasteiger partial charge is 0.335 e. The van der Waals surface area contributed by atoms with Gasteiger partial charge in [0.2, 0.25) is 0 Å². The van der Waals surface area contributed by atoms with Crippen LogP contribution in [0.5, 0.6) is 0 Å². The van der Waals surface area contributed by atoms with Crippen molar-refractivity contribution in [2.75, 3.05) is 0 Å². The predicted molar refractivity (Wildman–Crippen MR) is 68.5 cm³/mol. The number of carboxylic acid groups (broad SMARTS) is 1. The number of aromatic carboxylic acids is 1. The Balaban J connectivity index is 2.41. The van der Waals surface area contributed by atoms with Gasteiger partial charge in [0.25, 0.3) is 0 Å². The fourth-order valence-corrected chi connectivity index (χ4v) is 1.77. The molecule has 2 aromatic rings. The van der Waals surface area contributed by atoms with Gasteiger partial charge in [0.15, 0.2) is 0 Å². The molecular formula is C14H12N2O2. The van der Waals surface area contributed by atoms with Crippen LogP contribution in [0.2, 0.25) is 0 Å². The summed E-state index contributed by atoms with van der Waals surface area (Å²) in [7, 11) is 0. The number of hydrogen-bond acceptors (Lipinski definition) is 2. The first-order chi connectivity index (χ1) is 8.61. The zero-order valence-electron chi connectivity index (χ0n) is 9.84. The summed E-state index contributed by atoms with van der Waals surface area (Å²) in [6.45, 7) is 1.95. The van der Waals surface area contributed by atoms with Gasteiger partial charge in [-0.3, -0.25) is 0 Å². The zero-order valence-corrected chi connectivity index (χ0v) is 9.84. The zero-order chi connectivity index (χ0) is 13.1. The number of carbonyl (C=O) groups is 1. The molecule has 0 fully saturated rings. The average Bonchev–Trinajstić information content (AvgIpc) is 2.71. The third-order valence-corrected chi connectivity index (χ3v) is 2.62. The maximum absolute atomic E-state index is 10.8. The fourth-order valence-electron chi connectivity index (χ4n) is 1.77. The number of nitrogens with zero attached hydrogens (tertiary/aromatic N) is 1. The summed E-state index contributed by atoms with van der Waals surface area (Å²) in [6, 6.07) is 11.0. The Morgan fingerprint density at radius 3 is 2.56 bits per heavy atom. The Labute approximate surface area is 105 Å². The molecule has 18 heavy (non-hydrogen) atoms. The third kappa shape index (κ3) is 2.20. The lowest BCUT2D eigenvalue weighted by atomic mass is 10.2. The highest BCUT2D eigenvalue weighted by molar-refractivity contribution is 5.87. The second kappa shape index (κ2) is 4.68. The molecule has 1 aromatic heterocycles. The van der Waals surface area contributed by atoms with Crippen LogP contribution in [0.4, 0.5) is 0 Å². The van der Waals surface area contributed by atoms with Gasteiger partial charge >= 0.3 is 5.97 Å². The Morgan fingerprint density at radius 2 is 2.00 bits per heavy atom. The summed E-state index contributed by atoms with van der Waals surface area (Å²) in [5, 5.41) is 8.84. The van der Waals surface area contributed by atoms with E-state index in [1.807, 2.05) is 23.8 Å². The summed E-state index contributed by atoms with van der Waals surface area (Å²) in [4.78, 5) is 10.8. The molecule has 0 aliphatic carbocycles. The van der Waals surface area contributed by atoms with E-state index in [2.05, 4.69) is 12.0 Å². The molecule has 0 saturated carbocycles. The van der Waals surface area contributed by atoms with Gasteiger partial charge < -0.3 is 15.4 Å². The predicted octanol–water partition coefficient (Wildman–Crippen LogP) is 1.75. The van der Waals surface area contributed by atoms with E-state index in [-0.39, 0.29) is 5.56 Å². The Morgan fingerprint density at radius 1 is 1.33 bits per heavy atom. The van der Waals surface area contributed by atoms with Crippen LogP contribution in [0.1, 0.15) is 21.6 Å². The van der Waals surface area contributed by atoms with Crippen LogP contribution in [0.3, 0.4) is 0 Å². The van der Waals surface area contributed by atoms with E-state index in [4.69, 9.17) is 10.8 Å². The van der Waals surface area contributed by atoms with Crippen molar-refractivity contribution in [3.63, 3.8) is 0 Å². The van der Waals surface area contributed by atoms with E-state index in [1.165, 1.54) is 0 Å². The first-order valence-electron chi connectivity index (χ1n) is 5.36. The van der Waals surface area contributed by atoms with Gasteiger partial charge in [0, 0.05) is 29.2 Å². The molecule has 0 bridgehead atoms. The number of rotatable bonds is 2. The number of aryl methyl sites for hydroxylation is 1. The van der Waals surface area contributed by atoms with E-state index in [0.717, 1.165) is 16.9 Å². The molecule has 0 radical (unpaired) electrons. The summed E-state index contributed by atoms with van der Waals surface area (Å²) in [5.41, 5.74) is 8.18. The third-order valence-electron chi connectivity index (χ3n) is 2.62. The summed E-state index contributed by atoms with van der Waals surface area (Å²) >= 11 is 0. The largest absolute Gasteiger partial charge is 0.478 e. The van der Waals surface area contributed by atoms with Gasteiger partial charge in [0.1, 0.15) is 0 Å². The highest BCUT2D eigenvalue weighted by atomic mass is 16.4. The summed E-state index contributed by atoms with van der Waals surface area (Å²) in [6.07, 6.45) is 1.87. The van der Waals surface area contributed by atoms with Gasteiger partial charge in [-0.05, 0) is 43.2 Å². The van der Waals surface area contributed by atoms with E-state index in [9.17, 15) is 4.79 Å². The lowest BCUT2D eigenvalue weighted by molar-refractivity contribution is 0.0697. The minimum absolute atomic E-state index is 0.269. The van der Waals surface area contributed by atoms with E-state index < -0.39 is 5.97 Å².